The van der Waals surface area contributed by atoms with Crippen LogP contribution in [0.1, 0.15) is 13.3 Å². The van der Waals surface area contributed by atoms with E-state index in [0.717, 1.165) is 19.5 Å². The van der Waals surface area contributed by atoms with Crippen molar-refractivity contribution in [1.29, 1.82) is 0 Å². The highest BCUT2D eigenvalue weighted by atomic mass is 16.4. The van der Waals surface area contributed by atoms with Crippen molar-refractivity contribution in [2.75, 3.05) is 26.7 Å². The molecule has 1 saturated heterocycles. The second-order valence-electron chi connectivity index (χ2n) is 4.49. The molecule has 0 saturated carbocycles. The topological polar surface area (TPSA) is 78.6 Å². The molecule has 5 heteroatoms. The molecule has 3 atom stereocenters. The van der Waals surface area contributed by atoms with Crippen LogP contribution in [0.3, 0.4) is 0 Å². The van der Waals surface area contributed by atoms with E-state index in [9.17, 15) is 4.79 Å². The number of nitrogens with zero attached hydrogens (tertiary/aromatic N) is 1. The Labute approximate surface area is 90.6 Å². The van der Waals surface area contributed by atoms with Gasteiger partial charge in [-0.2, -0.15) is 0 Å². The standard InChI is InChI=1S/C10H21N3O2/c1-7-6-13(2)4-3-9(7)12-5-8(11)10(14)15/h7-9,12H,3-6,11H2,1-2H3,(H,14,15). The molecule has 0 aromatic carbocycles. The van der Waals surface area contributed by atoms with Crippen LogP contribution >= 0.6 is 0 Å². The zero-order valence-corrected chi connectivity index (χ0v) is 9.44. The van der Waals surface area contributed by atoms with Gasteiger partial charge in [0.2, 0.25) is 0 Å². The van der Waals surface area contributed by atoms with Crippen molar-refractivity contribution in [3.8, 4) is 0 Å². The summed E-state index contributed by atoms with van der Waals surface area (Å²) in [6, 6.07) is -0.400. The number of aliphatic carboxylic acids is 1. The monoisotopic (exact) mass is 215 g/mol. The van der Waals surface area contributed by atoms with Crippen LogP contribution in [0.4, 0.5) is 0 Å². The molecule has 0 radical (unpaired) electrons. The fourth-order valence-electron chi connectivity index (χ4n) is 2.02. The summed E-state index contributed by atoms with van der Waals surface area (Å²) in [6.45, 7) is 4.65. The number of piperidine rings is 1. The van der Waals surface area contributed by atoms with Crippen molar-refractivity contribution in [2.45, 2.75) is 25.4 Å². The highest BCUT2D eigenvalue weighted by molar-refractivity contribution is 5.73. The van der Waals surface area contributed by atoms with E-state index < -0.39 is 12.0 Å². The third-order valence-electron chi connectivity index (χ3n) is 3.03. The van der Waals surface area contributed by atoms with Crippen molar-refractivity contribution >= 4 is 5.97 Å². The lowest BCUT2D eigenvalue weighted by atomic mass is 9.94. The maximum atomic E-state index is 10.5. The Balaban J connectivity index is 2.29. The molecule has 0 aromatic heterocycles. The van der Waals surface area contributed by atoms with E-state index in [0.29, 0.717) is 18.5 Å². The number of hydrogen-bond donors (Lipinski definition) is 3. The van der Waals surface area contributed by atoms with Gasteiger partial charge in [0.05, 0.1) is 0 Å². The van der Waals surface area contributed by atoms with Crippen LogP contribution < -0.4 is 11.1 Å². The Bertz CT molecular complexity index is 223. The quantitative estimate of drug-likeness (QED) is 0.579. The van der Waals surface area contributed by atoms with Crippen LogP contribution in [0.5, 0.6) is 0 Å². The van der Waals surface area contributed by atoms with E-state index in [1.54, 1.807) is 0 Å². The molecule has 0 spiro atoms. The maximum absolute atomic E-state index is 10.5. The minimum Gasteiger partial charge on any atom is -0.480 e. The third-order valence-corrected chi connectivity index (χ3v) is 3.03. The van der Waals surface area contributed by atoms with Crippen LogP contribution in [-0.4, -0.2) is 54.7 Å². The first kappa shape index (κ1) is 12.4. The van der Waals surface area contributed by atoms with Gasteiger partial charge in [-0.15, -0.1) is 0 Å². The molecule has 4 N–H and O–H groups in total. The molecule has 1 aliphatic rings. The van der Waals surface area contributed by atoms with E-state index in [1.807, 2.05) is 0 Å². The number of carbonyl (C=O) groups is 1. The van der Waals surface area contributed by atoms with E-state index in [2.05, 4.69) is 24.2 Å². The molecule has 3 unspecified atom stereocenters. The second-order valence-corrected chi connectivity index (χ2v) is 4.49. The van der Waals surface area contributed by atoms with Gasteiger partial charge in [-0.3, -0.25) is 4.79 Å². The number of rotatable bonds is 4. The Morgan fingerprint density at radius 2 is 2.40 bits per heavy atom. The molecule has 0 aromatic rings. The Morgan fingerprint density at radius 1 is 1.73 bits per heavy atom. The Morgan fingerprint density at radius 3 is 2.93 bits per heavy atom. The summed E-state index contributed by atoms with van der Waals surface area (Å²) in [5, 5.41) is 11.9. The van der Waals surface area contributed by atoms with Gasteiger partial charge < -0.3 is 21.1 Å². The first-order valence-electron chi connectivity index (χ1n) is 5.41. The molecule has 1 heterocycles. The van der Waals surface area contributed by atoms with Crippen molar-refractivity contribution in [1.82, 2.24) is 10.2 Å². The molecule has 5 nitrogen and oxygen atoms in total. The molecule has 1 aliphatic heterocycles. The lowest BCUT2D eigenvalue weighted by Gasteiger charge is -2.35. The summed E-state index contributed by atoms with van der Waals surface area (Å²) < 4.78 is 0. The second kappa shape index (κ2) is 5.44. The van der Waals surface area contributed by atoms with Crippen molar-refractivity contribution < 1.29 is 9.90 Å². The predicted molar refractivity (Wildman–Crippen MR) is 58.7 cm³/mol. The Hall–Kier alpha value is -0.650. The van der Waals surface area contributed by atoms with Crippen LogP contribution in [0.25, 0.3) is 0 Å². The van der Waals surface area contributed by atoms with Gasteiger partial charge in [0, 0.05) is 19.1 Å². The number of nitrogens with two attached hydrogens (primary N) is 1. The average Bonchev–Trinajstić information content (AvgIpc) is 2.15. The summed E-state index contributed by atoms with van der Waals surface area (Å²) in [4.78, 5) is 12.8. The zero-order chi connectivity index (χ0) is 11.4. The molecule has 0 aliphatic carbocycles. The van der Waals surface area contributed by atoms with Gasteiger partial charge >= 0.3 is 5.97 Å². The van der Waals surface area contributed by atoms with Gasteiger partial charge in [0.1, 0.15) is 6.04 Å². The molecule has 15 heavy (non-hydrogen) atoms. The van der Waals surface area contributed by atoms with Gasteiger partial charge in [-0.25, -0.2) is 0 Å². The molecule has 88 valence electrons. The van der Waals surface area contributed by atoms with Crippen LogP contribution in [0, 0.1) is 5.92 Å². The SMILES string of the molecule is CC1CN(C)CCC1NCC(N)C(=O)O. The average molecular weight is 215 g/mol. The first-order chi connectivity index (χ1) is 7.00. The van der Waals surface area contributed by atoms with E-state index in [4.69, 9.17) is 10.8 Å². The Kier molecular flexibility index (Phi) is 4.50. The molecular weight excluding hydrogens is 194 g/mol. The highest BCUT2D eigenvalue weighted by Gasteiger charge is 2.24. The summed E-state index contributed by atoms with van der Waals surface area (Å²) in [5.41, 5.74) is 5.43. The van der Waals surface area contributed by atoms with Crippen LogP contribution in [-0.2, 0) is 4.79 Å². The van der Waals surface area contributed by atoms with Gasteiger partial charge in [0.25, 0.3) is 0 Å². The van der Waals surface area contributed by atoms with Crippen LogP contribution in [0.2, 0.25) is 0 Å². The smallest absolute Gasteiger partial charge is 0.321 e. The summed E-state index contributed by atoms with van der Waals surface area (Å²) in [5.74, 6) is -0.396. The fourth-order valence-corrected chi connectivity index (χ4v) is 2.02. The predicted octanol–water partition coefficient (Wildman–Crippen LogP) is -0.672. The van der Waals surface area contributed by atoms with E-state index >= 15 is 0 Å². The van der Waals surface area contributed by atoms with Crippen LogP contribution in [0.15, 0.2) is 0 Å². The van der Waals surface area contributed by atoms with Crippen molar-refractivity contribution in [3.63, 3.8) is 0 Å². The first-order valence-corrected chi connectivity index (χ1v) is 5.41. The molecule has 1 fully saturated rings. The van der Waals surface area contributed by atoms with Crippen molar-refractivity contribution in [2.24, 2.45) is 11.7 Å². The molecular formula is C10H21N3O2. The molecule has 0 bridgehead atoms. The summed E-state index contributed by atoms with van der Waals surface area (Å²) in [6.07, 6.45) is 1.06. The maximum Gasteiger partial charge on any atom is 0.321 e. The van der Waals surface area contributed by atoms with Gasteiger partial charge in [-0.05, 0) is 25.9 Å². The summed E-state index contributed by atoms with van der Waals surface area (Å²) in [7, 11) is 2.11. The normalized spacial score (nSPS) is 30.1. The van der Waals surface area contributed by atoms with Crippen molar-refractivity contribution in [3.05, 3.63) is 0 Å². The third kappa shape index (κ3) is 3.77. The number of carboxylic acids is 1. The summed E-state index contributed by atoms with van der Waals surface area (Å²) >= 11 is 0. The van der Waals surface area contributed by atoms with E-state index in [-0.39, 0.29) is 0 Å². The number of carboxylic acid groups (broad SMARTS) is 1. The van der Waals surface area contributed by atoms with Gasteiger partial charge in [-0.1, -0.05) is 6.92 Å². The highest BCUT2D eigenvalue weighted by Crippen LogP contribution is 2.14. The minimum atomic E-state index is -0.942. The number of likely N-dealkylation sites (tertiary alicyclic amines) is 1. The zero-order valence-electron chi connectivity index (χ0n) is 9.44. The lowest BCUT2D eigenvalue weighted by molar-refractivity contribution is -0.138. The van der Waals surface area contributed by atoms with Gasteiger partial charge in [0.15, 0.2) is 0 Å². The number of nitrogens with one attached hydrogen (secondary N) is 1. The van der Waals surface area contributed by atoms with E-state index in [1.165, 1.54) is 0 Å². The fraction of sp³-hybridized carbons (Fsp3) is 0.900. The molecule has 1 rings (SSSR count). The minimum absolute atomic E-state index is 0.355. The largest absolute Gasteiger partial charge is 0.480 e. The number of hydrogen-bond acceptors (Lipinski definition) is 4. The molecule has 0 amide bonds. The lowest BCUT2D eigenvalue weighted by Crippen LogP contribution is -2.51.